The van der Waals surface area contributed by atoms with Crippen LogP contribution in [0, 0.1) is 0 Å². The first kappa shape index (κ1) is 19.2. The molecule has 6 heteroatoms. The SMILES string of the molecule is CCN1C(=O)C(Nc2cccc(Br)c2)=C(c2ccc(OC(C)C)cc2)C1=O. The molecule has 0 spiro atoms. The van der Waals surface area contributed by atoms with E-state index in [1.807, 2.05) is 50.2 Å². The average molecular weight is 429 g/mol. The van der Waals surface area contributed by atoms with Gasteiger partial charge in [-0.1, -0.05) is 34.1 Å². The van der Waals surface area contributed by atoms with Crippen LogP contribution in [0.3, 0.4) is 0 Å². The molecule has 0 atom stereocenters. The van der Waals surface area contributed by atoms with E-state index in [9.17, 15) is 9.59 Å². The number of benzene rings is 2. The van der Waals surface area contributed by atoms with Crippen molar-refractivity contribution < 1.29 is 14.3 Å². The second-order valence-electron chi connectivity index (χ2n) is 6.43. The summed E-state index contributed by atoms with van der Waals surface area (Å²) in [5.41, 5.74) is 2.07. The van der Waals surface area contributed by atoms with E-state index in [-0.39, 0.29) is 23.6 Å². The third-order valence-corrected chi connectivity index (χ3v) is 4.59. The van der Waals surface area contributed by atoms with E-state index in [1.165, 1.54) is 4.90 Å². The average Bonchev–Trinajstić information content (AvgIpc) is 2.85. The number of hydrogen-bond acceptors (Lipinski definition) is 4. The number of carbonyl (C=O) groups is 2. The summed E-state index contributed by atoms with van der Waals surface area (Å²) in [5, 5.41) is 3.13. The second kappa shape index (κ2) is 7.96. The molecule has 2 amide bonds. The molecule has 3 rings (SSSR count). The second-order valence-corrected chi connectivity index (χ2v) is 7.35. The molecule has 140 valence electrons. The van der Waals surface area contributed by atoms with Crippen LogP contribution in [0.25, 0.3) is 5.57 Å². The van der Waals surface area contributed by atoms with Gasteiger partial charge in [0.15, 0.2) is 0 Å². The van der Waals surface area contributed by atoms with Crippen LogP contribution in [-0.2, 0) is 9.59 Å². The van der Waals surface area contributed by atoms with Crippen LogP contribution in [0.2, 0.25) is 0 Å². The van der Waals surface area contributed by atoms with Crippen LogP contribution < -0.4 is 10.1 Å². The van der Waals surface area contributed by atoms with Crippen LogP contribution in [0.4, 0.5) is 5.69 Å². The lowest BCUT2D eigenvalue weighted by Gasteiger charge is -2.12. The van der Waals surface area contributed by atoms with Gasteiger partial charge >= 0.3 is 0 Å². The van der Waals surface area contributed by atoms with Crippen molar-refractivity contribution in [2.75, 3.05) is 11.9 Å². The van der Waals surface area contributed by atoms with Crippen LogP contribution in [0.15, 0.2) is 58.7 Å². The number of nitrogens with one attached hydrogen (secondary N) is 1. The maximum Gasteiger partial charge on any atom is 0.278 e. The maximum absolute atomic E-state index is 12.8. The number of nitrogens with zero attached hydrogens (tertiary/aromatic N) is 1. The Morgan fingerprint density at radius 2 is 1.78 bits per heavy atom. The lowest BCUT2D eigenvalue weighted by molar-refractivity contribution is -0.136. The van der Waals surface area contributed by atoms with Crippen LogP contribution in [0.5, 0.6) is 5.75 Å². The number of likely N-dealkylation sites (N-methyl/N-ethyl adjacent to an activating group) is 1. The van der Waals surface area contributed by atoms with Gasteiger partial charge < -0.3 is 10.1 Å². The Bertz CT molecular complexity index is 904. The molecule has 0 saturated carbocycles. The predicted molar refractivity (Wildman–Crippen MR) is 109 cm³/mol. The van der Waals surface area contributed by atoms with Gasteiger partial charge in [-0.25, -0.2) is 0 Å². The fourth-order valence-corrected chi connectivity index (χ4v) is 3.33. The minimum atomic E-state index is -0.319. The topological polar surface area (TPSA) is 58.6 Å². The lowest BCUT2D eigenvalue weighted by Crippen LogP contribution is -2.32. The molecule has 0 aromatic heterocycles. The molecule has 0 saturated heterocycles. The Morgan fingerprint density at radius 1 is 1.07 bits per heavy atom. The van der Waals surface area contributed by atoms with E-state index in [1.54, 1.807) is 19.1 Å². The quantitative estimate of drug-likeness (QED) is 0.690. The van der Waals surface area contributed by atoms with Crippen LogP contribution in [0.1, 0.15) is 26.3 Å². The van der Waals surface area contributed by atoms with Crippen molar-refractivity contribution in [1.29, 1.82) is 0 Å². The third kappa shape index (κ3) is 4.06. The van der Waals surface area contributed by atoms with E-state index in [0.717, 1.165) is 15.9 Å². The molecule has 27 heavy (non-hydrogen) atoms. The summed E-state index contributed by atoms with van der Waals surface area (Å²) in [6, 6.07) is 14.7. The maximum atomic E-state index is 12.8. The van der Waals surface area contributed by atoms with Gasteiger partial charge in [0.1, 0.15) is 11.4 Å². The molecule has 0 fully saturated rings. The van der Waals surface area contributed by atoms with Crippen LogP contribution >= 0.6 is 15.9 Å². The summed E-state index contributed by atoms with van der Waals surface area (Å²) in [4.78, 5) is 26.9. The van der Waals surface area contributed by atoms with Crippen molar-refractivity contribution >= 4 is 39.0 Å². The number of carbonyl (C=O) groups excluding carboxylic acids is 2. The molecule has 0 unspecified atom stereocenters. The molecule has 0 radical (unpaired) electrons. The zero-order chi connectivity index (χ0) is 19.6. The highest BCUT2D eigenvalue weighted by molar-refractivity contribution is 9.10. The predicted octanol–water partition coefficient (Wildman–Crippen LogP) is 4.45. The molecular weight excluding hydrogens is 408 g/mol. The van der Waals surface area contributed by atoms with E-state index in [4.69, 9.17) is 4.74 Å². The van der Waals surface area contributed by atoms with Gasteiger partial charge in [0.05, 0.1) is 11.7 Å². The van der Waals surface area contributed by atoms with E-state index in [2.05, 4.69) is 21.2 Å². The zero-order valence-corrected chi connectivity index (χ0v) is 17.0. The molecule has 1 N–H and O–H groups in total. The van der Waals surface area contributed by atoms with Crippen molar-refractivity contribution in [1.82, 2.24) is 4.90 Å². The molecular formula is C21H21BrN2O3. The van der Waals surface area contributed by atoms with Gasteiger partial charge in [-0.2, -0.15) is 0 Å². The first-order valence-electron chi connectivity index (χ1n) is 8.81. The molecule has 2 aromatic rings. The molecule has 0 aliphatic carbocycles. The van der Waals surface area contributed by atoms with E-state index >= 15 is 0 Å². The molecule has 1 aliphatic heterocycles. The minimum absolute atomic E-state index is 0.0640. The summed E-state index contributed by atoms with van der Waals surface area (Å²) in [7, 11) is 0. The van der Waals surface area contributed by atoms with Crippen molar-refractivity contribution in [2.24, 2.45) is 0 Å². The Kier molecular flexibility index (Phi) is 5.65. The number of rotatable bonds is 6. The molecule has 2 aromatic carbocycles. The number of ether oxygens (including phenoxy) is 1. The zero-order valence-electron chi connectivity index (χ0n) is 15.5. The smallest absolute Gasteiger partial charge is 0.278 e. The number of halogens is 1. The summed E-state index contributed by atoms with van der Waals surface area (Å²) in [5.74, 6) is 0.109. The summed E-state index contributed by atoms with van der Waals surface area (Å²) < 4.78 is 6.54. The summed E-state index contributed by atoms with van der Waals surface area (Å²) in [6.07, 6.45) is 0.0640. The largest absolute Gasteiger partial charge is 0.491 e. The third-order valence-electron chi connectivity index (χ3n) is 4.09. The fraction of sp³-hybridized carbons (Fsp3) is 0.238. The highest BCUT2D eigenvalue weighted by Gasteiger charge is 2.38. The highest BCUT2D eigenvalue weighted by atomic mass is 79.9. The first-order chi connectivity index (χ1) is 12.9. The monoisotopic (exact) mass is 428 g/mol. The van der Waals surface area contributed by atoms with Gasteiger partial charge in [-0.15, -0.1) is 0 Å². The van der Waals surface area contributed by atoms with Crippen molar-refractivity contribution in [3.63, 3.8) is 0 Å². The summed E-state index contributed by atoms with van der Waals surface area (Å²) in [6.45, 7) is 6.01. The number of imide groups is 1. The van der Waals surface area contributed by atoms with E-state index in [0.29, 0.717) is 17.7 Å². The van der Waals surface area contributed by atoms with Gasteiger partial charge in [-0.05, 0) is 56.7 Å². The molecule has 1 aliphatic rings. The Hall–Kier alpha value is -2.60. The van der Waals surface area contributed by atoms with Gasteiger partial charge in [0.25, 0.3) is 11.8 Å². The normalized spacial score (nSPS) is 14.3. The fourth-order valence-electron chi connectivity index (χ4n) is 2.93. The molecule has 5 nitrogen and oxygen atoms in total. The number of hydrogen-bond donors (Lipinski definition) is 1. The van der Waals surface area contributed by atoms with Crippen molar-refractivity contribution in [2.45, 2.75) is 26.9 Å². The van der Waals surface area contributed by atoms with E-state index < -0.39 is 0 Å². The number of anilines is 1. The standard InChI is InChI=1S/C21H21BrN2O3/c1-4-24-20(25)18(14-8-10-17(11-9-14)27-13(2)3)19(21(24)26)23-16-7-5-6-15(22)12-16/h5-13,23H,4H2,1-3H3. The Balaban J connectivity index is 2.01. The van der Waals surface area contributed by atoms with Gasteiger partial charge in [0, 0.05) is 16.7 Å². The Labute approximate surface area is 167 Å². The highest BCUT2D eigenvalue weighted by Crippen LogP contribution is 2.31. The number of amides is 2. The van der Waals surface area contributed by atoms with Crippen molar-refractivity contribution in [3.8, 4) is 5.75 Å². The van der Waals surface area contributed by atoms with Gasteiger partial charge in [0.2, 0.25) is 0 Å². The first-order valence-corrected chi connectivity index (χ1v) is 9.60. The minimum Gasteiger partial charge on any atom is -0.491 e. The lowest BCUT2D eigenvalue weighted by atomic mass is 10.0. The Morgan fingerprint density at radius 3 is 2.37 bits per heavy atom. The summed E-state index contributed by atoms with van der Waals surface area (Å²) >= 11 is 3.42. The van der Waals surface area contributed by atoms with Crippen molar-refractivity contribution in [3.05, 3.63) is 64.3 Å². The molecule has 0 bridgehead atoms. The van der Waals surface area contributed by atoms with Crippen LogP contribution in [-0.4, -0.2) is 29.4 Å². The molecule has 1 heterocycles. The van der Waals surface area contributed by atoms with Gasteiger partial charge in [-0.3, -0.25) is 14.5 Å².